The maximum absolute atomic E-state index is 12.3. The molecule has 0 heterocycles. The summed E-state index contributed by atoms with van der Waals surface area (Å²) in [6.07, 6.45) is 0. The number of nitrogens with two attached hydrogens (primary N) is 1. The maximum atomic E-state index is 12.3. The van der Waals surface area contributed by atoms with Crippen LogP contribution in [-0.2, 0) is 10.0 Å². The van der Waals surface area contributed by atoms with E-state index in [1.165, 1.54) is 18.2 Å². The number of aryl methyl sites for hydroxylation is 1. The van der Waals surface area contributed by atoms with Gasteiger partial charge in [0, 0.05) is 18.2 Å². The van der Waals surface area contributed by atoms with Gasteiger partial charge in [-0.05, 0) is 51.5 Å². The van der Waals surface area contributed by atoms with Gasteiger partial charge >= 0.3 is 0 Å². The molecule has 0 fully saturated rings. The van der Waals surface area contributed by atoms with E-state index in [2.05, 4.69) is 0 Å². The second-order valence-electron chi connectivity index (χ2n) is 4.71. The molecule has 0 atom stereocenters. The lowest BCUT2D eigenvalue weighted by Gasteiger charge is -2.26. The smallest absolute Gasteiger partial charge is 0.254 e. The molecule has 0 aliphatic heterocycles. The van der Waals surface area contributed by atoms with Gasteiger partial charge in [-0.2, -0.15) is 0 Å². The first-order valence-corrected chi connectivity index (χ1v) is 7.67. The average Bonchev–Trinajstić information content (AvgIpc) is 2.27. The van der Waals surface area contributed by atoms with Gasteiger partial charge in [-0.15, -0.1) is 0 Å². The molecule has 0 bridgehead atoms. The van der Waals surface area contributed by atoms with Crippen LogP contribution in [0.15, 0.2) is 23.1 Å². The molecule has 0 saturated heterocycles. The van der Waals surface area contributed by atoms with Crippen LogP contribution < -0.4 is 5.14 Å². The molecule has 5 nitrogen and oxygen atoms in total. The zero-order valence-corrected chi connectivity index (χ0v) is 12.5. The predicted molar refractivity (Wildman–Crippen MR) is 74.4 cm³/mol. The molecule has 0 saturated carbocycles. The Morgan fingerprint density at radius 1 is 1.37 bits per heavy atom. The monoisotopic (exact) mass is 284 g/mol. The van der Waals surface area contributed by atoms with Crippen LogP contribution in [-0.4, -0.2) is 31.8 Å². The van der Waals surface area contributed by atoms with Gasteiger partial charge in [-0.3, -0.25) is 4.79 Å². The summed E-state index contributed by atoms with van der Waals surface area (Å²) in [4.78, 5) is 14.1. The molecular formula is C13H20N2O3S. The Morgan fingerprint density at radius 3 is 2.32 bits per heavy atom. The summed E-state index contributed by atoms with van der Waals surface area (Å²) in [5, 5.41) is 5.06. The minimum Gasteiger partial charge on any atom is -0.336 e. The molecule has 0 aliphatic rings. The third-order valence-corrected chi connectivity index (χ3v) is 3.89. The summed E-state index contributed by atoms with van der Waals surface area (Å²) < 4.78 is 22.5. The molecule has 1 rings (SSSR count). The molecular weight excluding hydrogens is 264 g/mol. The van der Waals surface area contributed by atoms with Crippen molar-refractivity contribution in [3.8, 4) is 0 Å². The van der Waals surface area contributed by atoms with Crippen molar-refractivity contribution >= 4 is 15.9 Å². The van der Waals surface area contributed by atoms with Gasteiger partial charge in [0.2, 0.25) is 10.0 Å². The minimum absolute atomic E-state index is 0.0224. The van der Waals surface area contributed by atoms with Gasteiger partial charge in [0.05, 0.1) is 4.90 Å². The summed E-state index contributed by atoms with van der Waals surface area (Å²) >= 11 is 0. The molecule has 2 N–H and O–H groups in total. The first-order chi connectivity index (χ1) is 8.68. The highest BCUT2D eigenvalue weighted by atomic mass is 32.2. The third kappa shape index (κ3) is 3.54. The number of benzene rings is 1. The molecule has 0 aliphatic carbocycles. The van der Waals surface area contributed by atoms with Gasteiger partial charge < -0.3 is 4.90 Å². The second kappa shape index (κ2) is 5.71. The van der Waals surface area contributed by atoms with Crippen LogP contribution in [0.4, 0.5) is 0 Å². The van der Waals surface area contributed by atoms with E-state index in [-0.39, 0.29) is 16.8 Å². The quantitative estimate of drug-likeness (QED) is 0.910. The van der Waals surface area contributed by atoms with Crippen molar-refractivity contribution < 1.29 is 13.2 Å². The lowest BCUT2D eigenvalue weighted by atomic mass is 10.1. The van der Waals surface area contributed by atoms with E-state index in [4.69, 9.17) is 5.14 Å². The van der Waals surface area contributed by atoms with Gasteiger partial charge in [0.15, 0.2) is 0 Å². The summed E-state index contributed by atoms with van der Waals surface area (Å²) in [5.41, 5.74) is 1.11. The first-order valence-electron chi connectivity index (χ1n) is 6.13. The zero-order valence-electron chi connectivity index (χ0n) is 11.7. The molecule has 106 valence electrons. The Labute approximate surface area is 114 Å². The van der Waals surface area contributed by atoms with Crippen LogP contribution in [0.5, 0.6) is 0 Å². The fourth-order valence-electron chi connectivity index (χ4n) is 1.95. The lowest BCUT2D eigenvalue weighted by Crippen LogP contribution is -2.37. The third-order valence-electron chi connectivity index (χ3n) is 2.98. The van der Waals surface area contributed by atoms with Crippen molar-refractivity contribution in [1.82, 2.24) is 4.90 Å². The highest BCUT2D eigenvalue weighted by Gasteiger charge is 2.20. The molecule has 0 radical (unpaired) electrons. The molecule has 1 amide bonds. The van der Waals surface area contributed by atoms with E-state index in [1.54, 1.807) is 11.8 Å². The first kappa shape index (κ1) is 15.7. The molecule has 0 spiro atoms. The van der Waals surface area contributed by atoms with Gasteiger partial charge in [0.1, 0.15) is 0 Å². The second-order valence-corrected chi connectivity index (χ2v) is 6.27. The number of rotatable bonds is 4. The normalized spacial score (nSPS) is 11.7. The predicted octanol–water partition coefficient (Wildman–Crippen LogP) is 1.51. The molecule has 0 aromatic heterocycles. The van der Waals surface area contributed by atoms with Gasteiger partial charge in [-0.25, -0.2) is 13.6 Å². The van der Waals surface area contributed by atoms with Crippen molar-refractivity contribution in [2.75, 3.05) is 6.54 Å². The van der Waals surface area contributed by atoms with E-state index < -0.39 is 10.0 Å². The SMILES string of the molecule is CCN(C(=O)c1ccc(S(N)(=O)=O)cc1C)C(C)C. The van der Waals surface area contributed by atoms with Crippen LogP contribution in [0.25, 0.3) is 0 Å². The highest BCUT2D eigenvalue weighted by molar-refractivity contribution is 7.89. The van der Waals surface area contributed by atoms with E-state index in [1.807, 2.05) is 20.8 Å². The number of carbonyl (C=O) groups is 1. The van der Waals surface area contributed by atoms with E-state index >= 15 is 0 Å². The van der Waals surface area contributed by atoms with Gasteiger partial charge in [0.25, 0.3) is 5.91 Å². The molecule has 0 unspecified atom stereocenters. The van der Waals surface area contributed by atoms with Crippen molar-refractivity contribution in [2.45, 2.75) is 38.6 Å². The van der Waals surface area contributed by atoms with E-state index in [0.29, 0.717) is 17.7 Å². The minimum atomic E-state index is -3.73. The summed E-state index contributed by atoms with van der Waals surface area (Å²) in [7, 11) is -3.73. The fourth-order valence-corrected chi connectivity index (χ4v) is 2.55. The molecule has 1 aromatic carbocycles. The van der Waals surface area contributed by atoms with Crippen LogP contribution >= 0.6 is 0 Å². The van der Waals surface area contributed by atoms with E-state index in [0.717, 1.165) is 0 Å². The zero-order chi connectivity index (χ0) is 14.8. The fraction of sp³-hybridized carbons (Fsp3) is 0.462. The Hall–Kier alpha value is -1.40. The summed E-state index contributed by atoms with van der Waals surface area (Å²) in [5.74, 6) is -0.101. The Morgan fingerprint density at radius 2 is 1.95 bits per heavy atom. The average molecular weight is 284 g/mol. The standard InChI is InChI=1S/C13H20N2O3S/c1-5-15(9(2)3)13(16)12-7-6-11(8-10(12)4)19(14,17)18/h6-9H,5H2,1-4H3,(H2,14,17,18). The molecule has 19 heavy (non-hydrogen) atoms. The van der Waals surface area contributed by atoms with Crippen molar-refractivity contribution in [3.05, 3.63) is 29.3 Å². The number of hydrogen-bond acceptors (Lipinski definition) is 3. The Bertz CT molecular complexity index is 580. The van der Waals surface area contributed by atoms with Crippen LogP contribution in [0.3, 0.4) is 0 Å². The molecule has 6 heteroatoms. The van der Waals surface area contributed by atoms with Crippen LogP contribution in [0.2, 0.25) is 0 Å². The summed E-state index contributed by atoms with van der Waals surface area (Å²) in [6, 6.07) is 4.40. The molecule has 1 aromatic rings. The number of amides is 1. The van der Waals surface area contributed by atoms with Crippen molar-refractivity contribution in [1.29, 1.82) is 0 Å². The number of sulfonamides is 1. The number of hydrogen-bond donors (Lipinski definition) is 1. The van der Waals surface area contributed by atoms with Crippen LogP contribution in [0, 0.1) is 6.92 Å². The van der Waals surface area contributed by atoms with Crippen LogP contribution in [0.1, 0.15) is 36.7 Å². The van der Waals surface area contributed by atoms with E-state index in [9.17, 15) is 13.2 Å². The van der Waals surface area contributed by atoms with Crippen molar-refractivity contribution in [2.24, 2.45) is 5.14 Å². The lowest BCUT2D eigenvalue weighted by molar-refractivity contribution is 0.0716. The van der Waals surface area contributed by atoms with Crippen molar-refractivity contribution in [3.63, 3.8) is 0 Å². The van der Waals surface area contributed by atoms with Gasteiger partial charge in [-0.1, -0.05) is 0 Å². The Kier molecular flexibility index (Phi) is 4.70. The number of nitrogens with zero attached hydrogens (tertiary/aromatic N) is 1. The topological polar surface area (TPSA) is 80.5 Å². The number of carbonyl (C=O) groups excluding carboxylic acids is 1. The number of primary sulfonamides is 1. The Balaban J connectivity index is 3.20. The maximum Gasteiger partial charge on any atom is 0.254 e. The summed E-state index contributed by atoms with van der Waals surface area (Å²) in [6.45, 7) is 8.10. The highest BCUT2D eigenvalue weighted by Crippen LogP contribution is 2.17. The largest absolute Gasteiger partial charge is 0.336 e.